The van der Waals surface area contributed by atoms with Crippen LogP contribution in [-0.2, 0) is 4.79 Å². The molecule has 0 saturated heterocycles. The summed E-state index contributed by atoms with van der Waals surface area (Å²) in [6, 6.07) is 5.36. The molecule has 3 heterocycles. The van der Waals surface area contributed by atoms with Crippen molar-refractivity contribution >= 4 is 34.7 Å². The van der Waals surface area contributed by atoms with Crippen LogP contribution in [0.1, 0.15) is 24.8 Å². The van der Waals surface area contributed by atoms with Gasteiger partial charge in [0.15, 0.2) is 17.4 Å². The van der Waals surface area contributed by atoms with E-state index in [0.717, 1.165) is 12.8 Å². The lowest BCUT2D eigenvalue weighted by Gasteiger charge is -2.18. The number of benzene rings is 1. The van der Waals surface area contributed by atoms with Crippen molar-refractivity contribution in [1.29, 1.82) is 0 Å². The van der Waals surface area contributed by atoms with Crippen molar-refractivity contribution in [2.24, 2.45) is 4.99 Å². The Bertz CT molecular complexity index is 1140. The molecule has 2 aromatic heterocycles. The van der Waals surface area contributed by atoms with Crippen molar-refractivity contribution < 1.29 is 19.4 Å². The SMILES string of the molecule is COc1ccc2cc1OCCCCC(=O)N(C)CCNc1ncnc3[nH]c(O)c(c13)C=N2. The van der Waals surface area contributed by atoms with E-state index in [-0.39, 0.29) is 11.8 Å². The van der Waals surface area contributed by atoms with Crippen molar-refractivity contribution in [3.63, 3.8) is 0 Å². The van der Waals surface area contributed by atoms with E-state index in [9.17, 15) is 9.90 Å². The molecule has 0 radical (unpaired) electrons. The van der Waals surface area contributed by atoms with Gasteiger partial charge in [-0.05, 0) is 25.0 Å². The number of carbonyl (C=O) groups is 1. The van der Waals surface area contributed by atoms with Gasteiger partial charge in [0.2, 0.25) is 5.91 Å². The number of fused-ring (bicyclic) bond motifs is 2. The van der Waals surface area contributed by atoms with Crippen LogP contribution in [0.2, 0.25) is 0 Å². The Hall–Kier alpha value is -3.82. The number of nitrogens with zero attached hydrogens (tertiary/aromatic N) is 4. The normalized spacial score (nSPS) is 15.6. The van der Waals surface area contributed by atoms with E-state index in [4.69, 9.17) is 9.47 Å². The molecule has 0 unspecified atom stereocenters. The van der Waals surface area contributed by atoms with Gasteiger partial charge in [-0.15, -0.1) is 0 Å². The first-order chi connectivity index (χ1) is 15.6. The summed E-state index contributed by atoms with van der Waals surface area (Å²) in [5.74, 6) is 1.74. The zero-order valence-electron chi connectivity index (χ0n) is 18.1. The molecule has 3 aromatic rings. The van der Waals surface area contributed by atoms with Crippen LogP contribution in [0.5, 0.6) is 17.4 Å². The number of aromatic amines is 1. The number of hydrogen-bond acceptors (Lipinski definition) is 8. The van der Waals surface area contributed by atoms with E-state index in [2.05, 4.69) is 25.3 Å². The smallest absolute Gasteiger partial charge is 0.222 e. The minimum atomic E-state index is -0.0565. The van der Waals surface area contributed by atoms with Crippen molar-refractivity contribution in [2.45, 2.75) is 19.3 Å². The van der Waals surface area contributed by atoms with Crippen LogP contribution in [0.15, 0.2) is 29.5 Å². The number of nitrogens with one attached hydrogen (secondary N) is 2. The predicted molar refractivity (Wildman–Crippen MR) is 121 cm³/mol. The summed E-state index contributed by atoms with van der Waals surface area (Å²) >= 11 is 0. The number of likely N-dealkylation sites (N-methyl/N-ethyl adjacent to an activating group) is 1. The number of H-pyrrole nitrogens is 1. The average molecular weight is 438 g/mol. The third-order valence-corrected chi connectivity index (χ3v) is 5.31. The van der Waals surface area contributed by atoms with Crippen LogP contribution in [0.25, 0.3) is 11.0 Å². The highest BCUT2D eigenvalue weighted by molar-refractivity contribution is 6.06. The number of rotatable bonds is 1. The molecule has 3 N–H and O–H groups in total. The number of anilines is 1. The molecule has 1 aliphatic rings. The minimum Gasteiger partial charge on any atom is -0.494 e. The van der Waals surface area contributed by atoms with E-state index < -0.39 is 0 Å². The second-order valence-corrected chi connectivity index (χ2v) is 7.47. The monoisotopic (exact) mass is 438 g/mol. The highest BCUT2D eigenvalue weighted by Gasteiger charge is 2.16. The largest absolute Gasteiger partial charge is 0.494 e. The zero-order valence-corrected chi connectivity index (χ0v) is 18.1. The van der Waals surface area contributed by atoms with Gasteiger partial charge in [0.25, 0.3) is 0 Å². The Morgan fingerprint density at radius 3 is 2.97 bits per heavy atom. The van der Waals surface area contributed by atoms with Gasteiger partial charge in [0.05, 0.1) is 30.4 Å². The fraction of sp³-hybridized carbons (Fsp3) is 0.364. The van der Waals surface area contributed by atoms with Gasteiger partial charge >= 0.3 is 0 Å². The first-order valence-electron chi connectivity index (χ1n) is 10.4. The Morgan fingerprint density at radius 1 is 1.25 bits per heavy atom. The van der Waals surface area contributed by atoms with Gasteiger partial charge in [-0.2, -0.15) is 0 Å². The molecular weight excluding hydrogens is 412 g/mol. The summed E-state index contributed by atoms with van der Waals surface area (Å²) in [5.41, 5.74) is 1.59. The maximum Gasteiger partial charge on any atom is 0.222 e. The van der Waals surface area contributed by atoms with E-state index in [1.54, 1.807) is 43.5 Å². The van der Waals surface area contributed by atoms with E-state index >= 15 is 0 Å². The molecule has 0 saturated carbocycles. The van der Waals surface area contributed by atoms with Gasteiger partial charge in [-0.1, -0.05) is 0 Å². The molecule has 10 heteroatoms. The molecule has 2 bridgehead atoms. The fourth-order valence-electron chi connectivity index (χ4n) is 3.51. The summed E-state index contributed by atoms with van der Waals surface area (Å²) in [7, 11) is 3.36. The van der Waals surface area contributed by atoms with Crippen LogP contribution in [0.3, 0.4) is 0 Å². The lowest BCUT2D eigenvalue weighted by atomic mass is 10.2. The second-order valence-electron chi connectivity index (χ2n) is 7.47. The van der Waals surface area contributed by atoms with Crippen LogP contribution in [0, 0.1) is 0 Å². The van der Waals surface area contributed by atoms with Crippen molar-refractivity contribution in [3.8, 4) is 17.4 Å². The number of methoxy groups -OCH3 is 1. The highest BCUT2D eigenvalue weighted by Crippen LogP contribution is 2.33. The number of hydrogen-bond donors (Lipinski definition) is 3. The van der Waals surface area contributed by atoms with Crippen molar-refractivity contribution in [3.05, 3.63) is 30.1 Å². The van der Waals surface area contributed by atoms with Crippen LogP contribution in [-0.4, -0.2) is 70.9 Å². The number of carbonyl (C=O) groups excluding carboxylic acids is 1. The zero-order chi connectivity index (χ0) is 22.5. The Kier molecular flexibility index (Phi) is 6.39. The topological polar surface area (TPSA) is 125 Å². The van der Waals surface area contributed by atoms with Crippen LogP contribution in [0.4, 0.5) is 11.5 Å². The first-order valence-corrected chi connectivity index (χ1v) is 10.4. The number of aliphatic imine (C=N–C) groups is 1. The molecule has 0 spiro atoms. The number of aromatic nitrogens is 3. The third kappa shape index (κ3) is 4.58. The minimum absolute atomic E-state index is 0.0565. The Morgan fingerprint density at radius 2 is 2.12 bits per heavy atom. The molecule has 10 nitrogen and oxygen atoms in total. The summed E-state index contributed by atoms with van der Waals surface area (Å²) in [6.07, 6.45) is 4.90. The average Bonchev–Trinajstić information content (AvgIpc) is 3.12. The second kappa shape index (κ2) is 9.54. The quantitative estimate of drug-likeness (QED) is 0.533. The third-order valence-electron chi connectivity index (χ3n) is 5.31. The molecule has 168 valence electrons. The lowest BCUT2D eigenvalue weighted by molar-refractivity contribution is -0.129. The number of aromatic hydroxyl groups is 1. The van der Waals surface area contributed by atoms with E-state index in [1.165, 1.54) is 6.33 Å². The molecule has 0 aliphatic carbocycles. The molecule has 1 aliphatic heterocycles. The fourth-order valence-corrected chi connectivity index (χ4v) is 3.51. The molecule has 1 aromatic carbocycles. The van der Waals surface area contributed by atoms with Gasteiger partial charge in [-0.25, -0.2) is 9.97 Å². The van der Waals surface area contributed by atoms with Gasteiger partial charge in [-0.3, -0.25) is 9.79 Å². The number of ether oxygens (including phenoxy) is 2. The lowest BCUT2D eigenvalue weighted by Crippen LogP contribution is -2.31. The maximum atomic E-state index is 12.4. The Labute approximate surface area is 185 Å². The van der Waals surface area contributed by atoms with E-state index in [0.29, 0.717) is 65.7 Å². The Balaban J connectivity index is 1.72. The summed E-state index contributed by atoms with van der Waals surface area (Å²) < 4.78 is 11.3. The summed E-state index contributed by atoms with van der Waals surface area (Å²) in [5, 5.41) is 14.3. The molecule has 0 atom stereocenters. The van der Waals surface area contributed by atoms with E-state index in [1.807, 2.05) is 0 Å². The maximum absolute atomic E-state index is 12.4. The van der Waals surface area contributed by atoms with Crippen molar-refractivity contribution in [2.75, 3.05) is 39.2 Å². The van der Waals surface area contributed by atoms with Gasteiger partial charge in [0, 0.05) is 38.8 Å². The standard InChI is InChI=1S/C22H26N6O4/c1-28-9-8-23-20-19-15(22(30)27-21(19)26-13-25-20)12-24-14-6-7-16(31-2)17(11-14)32-10-4-3-5-18(28)29/h6-7,11-13,30H,3-5,8-10H2,1-2H3,(H2,23,25,26,27). The first kappa shape index (κ1) is 21.4. The molecule has 0 fully saturated rings. The van der Waals surface area contributed by atoms with Crippen LogP contribution >= 0.6 is 0 Å². The highest BCUT2D eigenvalue weighted by atomic mass is 16.5. The summed E-state index contributed by atoms with van der Waals surface area (Å²) in [6.45, 7) is 1.48. The van der Waals surface area contributed by atoms with Crippen molar-refractivity contribution in [1.82, 2.24) is 19.9 Å². The summed E-state index contributed by atoms with van der Waals surface area (Å²) in [4.78, 5) is 30.0. The molecule has 32 heavy (non-hydrogen) atoms. The number of amides is 1. The predicted octanol–water partition coefficient (Wildman–Crippen LogP) is 2.86. The molecular formula is C22H26N6O4. The van der Waals surface area contributed by atoms with Crippen LogP contribution < -0.4 is 14.8 Å². The molecule has 1 amide bonds. The van der Waals surface area contributed by atoms with Gasteiger partial charge < -0.3 is 29.8 Å². The van der Waals surface area contributed by atoms with Gasteiger partial charge in [0.1, 0.15) is 17.8 Å². The molecule has 4 rings (SSSR count).